The van der Waals surface area contributed by atoms with Gasteiger partial charge in [-0.25, -0.2) is 9.18 Å². The standard InChI is InChI=1S/C35H35Cl2FN4O5/c1-39-14-21-6-5-20(39)15-41(21)24-9-28(36)32(29(37)10-24)34(43)40-13-19-3-2-4-25(33(19)47-18-40)26-12-31(27(35(44)45)11-30(26)38)42-22-7-8-23(42)17-46-16-22/h2-4,9-12,20-23H,5-8,13-18H2,1H3,(H,44,45)/t20-,21-,22?,23?/m0/s1. The van der Waals surface area contributed by atoms with Crippen molar-refractivity contribution in [3.05, 3.63) is 75.0 Å². The molecule has 0 saturated carbocycles. The molecule has 0 aromatic heterocycles. The van der Waals surface area contributed by atoms with Gasteiger partial charge in [-0.3, -0.25) is 9.69 Å². The van der Waals surface area contributed by atoms with Crippen LogP contribution >= 0.6 is 23.2 Å². The largest absolute Gasteiger partial charge is 0.478 e. The third-order valence-corrected chi connectivity index (χ3v) is 11.2. The van der Waals surface area contributed by atoms with E-state index in [1.807, 2.05) is 18.2 Å². The molecule has 2 unspecified atom stereocenters. The number of likely N-dealkylation sites (N-methyl/N-ethyl adjacent to an activating group) is 1. The number of fused-ring (bicyclic) bond motifs is 6. The number of rotatable bonds is 5. The summed E-state index contributed by atoms with van der Waals surface area (Å²) in [5.74, 6) is -1.75. The number of carbonyl (C=O) groups is 2. The number of anilines is 2. The van der Waals surface area contributed by atoms with Gasteiger partial charge < -0.3 is 29.3 Å². The van der Waals surface area contributed by atoms with Gasteiger partial charge in [0.15, 0.2) is 6.73 Å². The minimum Gasteiger partial charge on any atom is -0.478 e. The third-order valence-electron chi connectivity index (χ3n) is 10.6. The maximum absolute atomic E-state index is 15.7. The molecule has 3 aromatic rings. The summed E-state index contributed by atoms with van der Waals surface area (Å²) < 4.78 is 27.6. The summed E-state index contributed by atoms with van der Waals surface area (Å²) in [5, 5.41) is 10.6. The average molecular weight is 682 g/mol. The van der Waals surface area contributed by atoms with Gasteiger partial charge in [-0.1, -0.05) is 41.4 Å². The molecule has 246 valence electrons. The Morgan fingerprint density at radius 3 is 2.28 bits per heavy atom. The quantitative estimate of drug-likeness (QED) is 0.344. The summed E-state index contributed by atoms with van der Waals surface area (Å²) >= 11 is 13.5. The Kier molecular flexibility index (Phi) is 7.74. The van der Waals surface area contributed by atoms with Crippen molar-refractivity contribution in [3.8, 4) is 16.9 Å². The van der Waals surface area contributed by atoms with E-state index in [1.54, 1.807) is 18.2 Å². The molecule has 47 heavy (non-hydrogen) atoms. The van der Waals surface area contributed by atoms with Crippen LogP contribution in [0.3, 0.4) is 0 Å². The average Bonchev–Trinajstić information content (AvgIpc) is 3.30. The van der Waals surface area contributed by atoms with Crippen LogP contribution in [0.2, 0.25) is 10.0 Å². The first kappa shape index (κ1) is 30.7. The highest BCUT2D eigenvalue weighted by atomic mass is 35.5. The molecule has 0 radical (unpaired) electrons. The number of halogens is 3. The molecule has 1 amide bonds. The molecular weight excluding hydrogens is 646 g/mol. The molecule has 9 nitrogen and oxygen atoms in total. The molecule has 12 heteroatoms. The summed E-state index contributed by atoms with van der Waals surface area (Å²) in [5.41, 5.74) is 2.97. The van der Waals surface area contributed by atoms with E-state index >= 15 is 4.39 Å². The summed E-state index contributed by atoms with van der Waals surface area (Å²) in [6.07, 6.45) is 4.06. The Morgan fingerprint density at radius 1 is 0.915 bits per heavy atom. The monoisotopic (exact) mass is 680 g/mol. The van der Waals surface area contributed by atoms with E-state index in [9.17, 15) is 14.7 Å². The normalized spacial score (nSPS) is 25.1. The molecule has 3 aromatic carbocycles. The number of carbonyl (C=O) groups excluding carboxylic acids is 1. The van der Waals surface area contributed by atoms with Crippen molar-refractivity contribution in [1.29, 1.82) is 0 Å². The van der Waals surface area contributed by atoms with Gasteiger partial charge in [-0.05, 0) is 57.0 Å². The number of carboxylic acids is 1. The minimum absolute atomic E-state index is 0.0371. The van der Waals surface area contributed by atoms with Gasteiger partial charge >= 0.3 is 5.97 Å². The van der Waals surface area contributed by atoms with Crippen molar-refractivity contribution in [3.63, 3.8) is 0 Å². The number of hydrogen-bond acceptors (Lipinski definition) is 7. The lowest BCUT2D eigenvalue weighted by molar-refractivity contribution is 0.0516. The number of piperidine rings is 2. The Hall–Kier alpha value is -3.57. The molecule has 9 rings (SSSR count). The van der Waals surface area contributed by atoms with E-state index in [-0.39, 0.29) is 58.0 Å². The second-order valence-electron chi connectivity index (χ2n) is 13.3. The number of carboxylic acid groups (broad SMARTS) is 1. The minimum atomic E-state index is -1.18. The predicted molar refractivity (Wildman–Crippen MR) is 178 cm³/mol. The maximum Gasteiger partial charge on any atom is 0.337 e. The second-order valence-corrected chi connectivity index (χ2v) is 14.1. The fourth-order valence-electron chi connectivity index (χ4n) is 8.23. The molecule has 6 aliphatic heterocycles. The first-order valence-corrected chi connectivity index (χ1v) is 16.9. The molecule has 6 heterocycles. The number of piperazine rings is 1. The van der Waals surface area contributed by atoms with Crippen molar-refractivity contribution in [2.24, 2.45) is 0 Å². The van der Waals surface area contributed by atoms with E-state index in [2.05, 4.69) is 21.7 Å². The first-order valence-electron chi connectivity index (χ1n) is 16.1. The lowest BCUT2D eigenvalue weighted by atomic mass is 9.90. The molecule has 0 spiro atoms. The molecule has 4 atom stereocenters. The van der Waals surface area contributed by atoms with Gasteiger partial charge in [0, 0.05) is 47.6 Å². The van der Waals surface area contributed by atoms with Crippen LogP contribution < -0.4 is 14.5 Å². The second kappa shape index (κ2) is 11.8. The number of benzene rings is 3. The zero-order valence-electron chi connectivity index (χ0n) is 25.9. The predicted octanol–water partition coefficient (Wildman–Crippen LogP) is 6.14. The summed E-state index contributed by atoms with van der Waals surface area (Å²) in [4.78, 5) is 34.4. The van der Waals surface area contributed by atoms with E-state index in [1.165, 1.54) is 11.3 Å². The Morgan fingerprint density at radius 2 is 1.62 bits per heavy atom. The van der Waals surface area contributed by atoms with Crippen LogP contribution in [0.15, 0.2) is 42.5 Å². The fraction of sp³-hybridized carbons (Fsp3) is 0.429. The van der Waals surface area contributed by atoms with Crippen LogP contribution in [-0.2, 0) is 11.3 Å². The smallest absolute Gasteiger partial charge is 0.337 e. The highest BCUT2D eigenvalue weighted by Gasteiger charge is 2.40. The summed E-state index contributed by atoms with van der Waals surface area (Å²) in [6.45, 7) is 3.00. The molecule has 4 bridgehead atoms. The molecular formula is C35H35Cl2FN4O5. The van der Waals surface area contributed by atoms with Gasteiger partial charge in [-0.15, -0.1) is 0 Å². The summed E-state index contributed by atoms with van der Waals surface area (Å²) in [6, 6.07) is 12.7. The molecule has 5 saturated heterocycles. The van der Waals surface area contributed by atoms with Crippen LogP contribution in [-0.4, -0.2) is 91.0 Å². The number of morpholine rings is 1. The topological polar surface area (TPSA) is 85.8 Å². The van der Waals surface area contributed by atoms with Crippen molar-refractivity contribution in [2.45, 2.75) is 56.4 Å². The zero-order chi connectivity index (χ0) is 32.6. The number of nitrogens with zero attached hydrogens (tertiary/aromatic N) is 4. The molecule has 5 fully saturated rings. The highest BCUT2D eigenvalue weighted by molar-refractivity contribution is 6.40. The van der Waals surface area contributed by atoms with Gasteiger partial charge in [0.2, 0.25) is 0 Å². The maximum atomic E-state index is 15.7. The van der Waals surface area contributed by atoms with Gasteiger partial charge in [0.25, 0.3) is 5.91 Å². The number of aromatic carboxylic acids is 1. The SMILES string of the molecule is CN1C[C@@H]2CC[C@H]1CN2c1cc(Cl)c(C(=O)N2COc3c(cccc3-c3cc(N4C5CCC4COC5)c(C(=O)O)cc3F)C2)c(Cl)c1. The lowest BCUT2D eigenvalue weighted by Gasteiger charge is -2.51. The van der Waals surface area contributed by atoms with E-state index in [4.69, 9.17) is 32.7 Å². The van der Waals surface area contributed by atoms with E-state index in [0.29, 0.717) is 47.9 Å². The van der Waals surface area contributed by atoms with Crippen molar-refractivity contribution in [2.75, 3.05) is 49.9 Å². The number of ether oxygens (including phenoxy) is 2. The van der Waals surface area contributed by atoms with Crippen LogP contribution in [0.5, 0.6) is 5.75 Å². The Balaban J connectivity index is 1.07. The van der Waals surface area contributed by atoms with Crippen LogP contribution in [0.1, 0.15) is 52.0 Å². The van der Waals surface area contributed by atoms with Crippen molar-refractivity contribution < 1.29 is 28.6 Å². The Bertz CT molecular complexity index is 1750. The van der Waals surface area contributed by atoms with Crippen LogP contribution in [0.25, 0.3) is 11.1 Å². The van der Waals surface area contributed by atoms with Gasteiger partial charge in [-0.2, -0.15) is 0 Å². The zero-order valence-corrected chi connectivity index (χ0v) is 27.4. The van der Waals surface area contributed by atoms with Crippen LogP contribution in [0, 0.1) is 5.82 Å². The number of para-hydroxylation sites is 1. The lowest BCUT2D eigenvalue weighted by Crippen LogP contribution is -2.61. The van der Waals surface area contributed by atoms with Crippen molar-refractivity contribution >= 4 is 46.5 Å². The first-order chi connectivity index (χ1) is 22.7. The number of amides is 1. The fourth-order valence-corrected chi connectivity index (χ4v) is 8.87. The van der Waals surface area contributed by atoms with Crippen LogP contribution in [0.4, 0.5) is 15.8 Å². The number of hydrogen-bond donors (Lipinski definition) is 1. The third kappa shape index (κ3) is 5.21. The van der Waals surface area contributed by atoms with Gasteiger partial charge in [0.05, 0.1) is 58.7 Å². The molecule has 0 aliphatic carbocycles. The van der Waals surface area contributed by atoms with Gasteiger partial charge in [0.1, 0.15) is 11.6 Å². The summed E-state index contributed by atoms with van der Waals surface area (Å²) in [7, 11) is 2.16. The molecule has 1 N–H and O–H groups in total. The highest BCUT2D eigenvalue weighted by Crippen LogP contribution is 2.44. The van der Waals surface area contributed by atoms with E-state index in [0.717, 1.165) is 44.1 Å². The molecule has 6 aliphatic rings. The Labute approximate surface area is 282 Å². The van der Waals surface area contributed by atoms with Crippen molar-refractivity contribution in [1.82, 2.24) is 9.80 Å². The van der Waals surface area contributed by atoms with E-state index < -0.39 is 11.8 Å².